The lowest BCUT2D eigenvalue weighted by molar-refractivity contribution is 0.0172. The molecule has 1 amide bonds. The van der Waals surface area contributed by atoms with Crippen LogP contribution in [0, 0.1) is 0 Å². The number of rotatable bonds is 6. The fourth-order valence-electron chi connectivity index (χ4n) is 4.00. The van der Waals surface area contributed by atoms with Crippen molar-refractivity contribution < 1.29 is 18.3 Å². The molecule has 0 atom stereocenters. The third kappa shape index (κ3) is 5.31. The van der Waals surface area contributed by atoms with Gasteiger partial charge in [-0.3, -0.25) is 4.79 Å². The van der Waals surface area contributed by atoms with Crippen LogP contribution in [0.3, 0.4) is 0 Å². The van der Waals surface area contributed by atoms with Crippen LogP contribution >= 0.6 is 0 Å². The minimum atomic E-state index is -2.93. The third-order valence-electron chi connectivity index (χ3n) is 5.81. The van der Waals surface area contributed by atoms with Gasteiger partial charge in [-0.2, -0.15) is 0 Å². The highest BCUT2D eigenvalue weighted by Crippen LogP contribution is 2.30. The van der Waals surface area contributed by atoms with Crippen molar-refractivity contribution in [3.8, 4) is 5.75 Å². The molecule has 0 radical (unpaired) electrons. The van der Waals surface area contributed by atoms with E-state index in [2.05, 4.69) is 17.1 Å². The third-order valence-corrected chi connectivity index (χ3v) is 5.81. The number of hydrogen-bond donors (Lipinski definition) is 0. The van der Waals surface area contributed by atoms with E-state index in [0.717, 1.165) is 19.8 Å². The average molecular weight is 437 g/mol. The number of carbonyl (C=O) groups is 1. The Morgan fingerprint density at radius 1 is 1.03 bits per heavy atom. The van der Waals surface area contributed by atoms with Crippen molar-refractivity contribution in [1.82, 2.24) is 9.88 Å². The first-order valence-corrected chi connectivity index (χ1v) is 10.8. The molecule has 2 heterocycles. The van der Waals surface area contributed by atoms with Gasteiger partial charge < -0.3 is 9.64 Å². The Bertz CT molecular complexity index is 1060. The molecule has 0 unspecified atom stereocenters. The van der Waals surface area contributed by atoms with Gasteiger partial charge in [0.2, 0.25) is 0 Å². The maximum absolute atomic E-state index is 13.5. The zero-order valence-electron chi connectivity index (χ0n) is 18.0. The molecule has 0 saturated carbocycles. The number of carbonyl (C=O) groups excluding carboxylic acids is 1. The summed E-state index contributed by atoms with van der Waals surface area (Å²) in [6, 6.07) is 21.5. The standard InChI is InChI=1S/C26H26F2N2O2/c1-26(27,28)21-9-5-11-23(17-21)32-18-22-10-6-12-24(29-22)25(31)30-15-13-20(14-16-30)19-7-3-2-4-8-19/h2-12,17,20H,13-16,18H2,1H3. The average Bonchev–Trinajstić information content (AvgIpc) is 2.83. The molecule has 6 heteroatoms. The Labute approximate surface area is 186 Å². The molecule has 1 aliphatic rings. The van der Waals surface area contributed by atoms with E-state index in [9.17, 15) is 13.6 Å². The van der Waals surface area contributed by atoms with Crippen LogP contribution in [-0.4, -0.2) is 28.9 Å². The van der Waals surface area contributed by atoms with Crippen LogP contribution in [0.2, 0.25) is 0 Å². The van der Waals surface area contributed by atoms with Crippen LogP contribution in [0.25, 0.3) is 0 Å². The van der Waals surface area contributed by atoms with E-state index in [-0.39, 0.29) is 18.1 Å². The Hall–Kier alpha value is -3.28. The maximum atomic E-state index is 13.5. The molecule has 4 rings (SSSR count). The van der Waals surface area contributed by atoms with E-state index in [1.54, 1.807) is 24.3 Å². The lowest BCUT2D eigenvalue weighted by Gasteiger charge is -2.32. The quantitative estimate of drug-likeness (QED) is 0.491. The van der Waals surface area contributed by atoms with Crippen LogP contribution in [0.4, 0.5) is 8.78 Å². The minimum absolute atomic E-state index is 0.0917. The fourth-order valence-corrected chi connectivity index (χ4v) is 4.00. The molecule has 4 nitrogen and oxygen atoms in total. The van der Waals surface area contributed by atoms with Crippen molar-refractivity contribution >= 4 is 5.91 Å². The highest BCUT2D eigenvalue weighted by Gasteiger charge is 2.26. The largest absolute Gasteiger partial charge is 0.487 e. The molecule has 1 aliphatic heterocycles. The summed E-state index contributed by atoms with van der Waals surface area (Å²) in [4.78, 5) is 19.3. The van der Waals surface area contributed by atoms with E-state index < -0.39 is 5.92 Å². The summed E-state index contributed by atoms with van der Waals surface area (Å²) >= 11 is 0. The number of aromatic nitrogens is 1. The summed E-state index contributed by atoms with van der Waals surface area (Å²) in [6.07, 6.45) is 1.86. The van der Waals surface area contributed by atoms with Crippen molar-refractivity contribution in [2.24, 2.45) is 0 Å². The maximum Gasteiger partial charge on any atom is 0.272 e. The van der Waals surface area contributed by atoms with Gasteiger partial charge >= 0.3 is 0 Å². The lowest BCUT2D eigenvalue weighted by atomic mass is 9.89. The minimum Gasteiger partial charge on any atom is -0.487 e. The molecule has 0 aliphatic carbocycles. The van der Waals surface area contributed by atoms with E-state index in [1.165, 1.54) is 23.8 Å². The second-order valence-corrected chi connectivity index (χ2v) is 8.20. The number of benzene rings is 2. The van der Waals surface area contributed by atoms with Crippen LogP contribution < -0.4 is 4.74 Å². The molecule has 3 aromatic rings. The predicted octanol–water partition coefficient (Wildman–Crippen LogP) is 5.79. The summed E-state index contributed by atoms with van der Waals surface area (Å²) < 4.78 is 32.7. The summed E-state index contributed by atoms with van der Waals surface area (Å²) in [6.45, 7) is 2.33. The van der Waals surface area contributed by atoms with Crippen molar-refractivity contribution in [2.75, 3.05) is 13.1 Å². The molecular formula is C26H26F2N2O2. The zero-order valence-corrected chi connectivity index (χ0v) is 18.0. The second kappa shape index (κ2) is 9.47. The van der Waals surface area contributed by atoms with Crippen molar-refractivity contribution in [3.63, 3.8) is 0 Å². The van der Waals surface area contributed by atoms with E-state index in [4.69, 9.17) is 4.74 Å². The van der Waals surface area contributed by atoms with E-state index >= 15 is 0 Å². The van der Waals surface area contributed by atoms with E-state index in [1.807, 2.05) is 23.1 Å². The monoisotopic (exact) mass is 436 g/mol. The molecule has 0 spiro atoms. The van der Waals surface area contributed by atoms with Crippen molar-refractivity contribution in [1.29, 1.82) is 0 Å². The molecule has 0 bridgehead atoms. The Morgan fingerprint density at radius 2 is 1.75 bits per heavy atom. The fraction of sp³-hybridized carbons (Fsp3) is 0.308. The zero-order chi connectivity index (χ0) is 22.6. The highest BCUT2D eigenvalue weighted by molar-refractivity contribution is 5.92. The van der Waals surface area contributed by atoms with Crippen molar-refractivity contribution in [2.45, 2.75) is 38.2 Å². The number of piperidine rings is 1. The topological polar surface area (TPSA) is 42.4 Å². The molecule has 1 saturated heterocycles. The summed E-state index contributed by atoms with van der Waals surface area (Å²) in [5.41, 5.74) is 2.16. The summed E-state index contributed by atoms with van der Waals surface area (Å²) in [5, 5.41) is 0. The SMILES string of the molecule is CC(F)(F)c1cccc(OCc2cccc(C(=O)N3CCC(c4ccccc4)CC3)n2)c1. The van der Waals surface area contributed by atoms with Crippen LogP contribution in [0.15, 0.2) is 72.8 Å². The molecule has 32 heavy (non-hydrogen) atoms. The summed E-state index contributed by atoms with van der Waals surface area (Å²) in [5.74, 6) is -2.21. The molecule has 0 N–H and O–H groups in total. The molecule has 1 fully saturated rings. The number of amides is 1. The number of ether oxygens (including phenoxy) is 1. The number of hydrogen-bond acceptors (Lipinski definition) is 3. The molecule has 166 valence electrons. The number of nitrogens with zero attached hydrogens (tertiary/aromatic N) is 2. The first-order chi connectivity index (χ1) is 15.4. The van der Waals surface area contributed by atoms with Crippen molar-refractivity contribution in [3.05, 3.63) is 95.3 Å². The van der Waals surface area contributed by atoms with E-state index in [0.29, 0.717) is 36.1 Å². The van der Waals surface area contributed by atoms with Gasteiger partial charge in [0, 0.05) is 25.6 Å². The highest BCUT2D eigenvalue weighted by atomic mass is 19.3. The van der Waals surface area contributed by atoms with Gasteiger partial charge in [-0.15, -0.1) is 0 Å². The molecule has 2 aromatic carbocycles. The lowest BCUT2D eigenvalue weighted by Crippen LogP contribution is -2.38. The number of pyridine rings is 1. The Morgan fingerprint density at radius 3 is 2.47 bits per heavy atom. The van der Waals surface area contributed by atoms with Gasteiger partial charge in [-0.1, -0.05) is 48.5 Å². The number of halogens is 2. The second-order valence-electron chi connectivity index (χ2n) is 8.20. The van der Waals surface area contributed by atoms with Gasteiger partial charge in [0.25, 0.3) is 11.8 Å². The van der Waals surface area contributed by atoms with Gasteiger partial charge in [-0.05, 0) is 48.6 Å². The predicted molar refractivity (Wildman–Crippen MR) is 119 cm³/mol. The van der Waals surface area contributed by atoms with Gasteiger partial charge in [0.15, 0.2) is 0 Å². The van der Waals surface area contributed by atoms with Gasteiger partial charge in [0.05, 0.1) is 5.69 Å². The normalized spacial score (nSPS) is 14.9. The summed E-state index contributed by atoms with van der Waals surface area (Å²) in [7, 11) is 0. The number of likely N-dealkylation sites (tertiary alicyclic amines) is 1. The smallest absolute Gasteiger partial charge is 0.272 e. The molecule has 1 aromatic heterocycles. The van der Waals surface area contributed by atoms with Crippen LogP contribution in [0.5, 0.6) is 5.75 Å². The van der Waals surface area contributed by atoms with Gasteiger partial charge in [-0.25, -0.2) is 13.8 Å². The Kier molecular flexibility index (Phi) is 6.49. The first-order valence-electron chi connectivity index (χ1n) is 10.8. The first kappa shape index (κ1) is 21.9. The van der Waals surface area contributed by atoms with Crippen LogP contribution in [-0.2, 0) is 12.5 Å². The Balaban J connectivity index is 1.36. The number of alkyl halides is 2. The molecular weight excluding hydrogens is 410 g/mol. The van der Waals surface area contributed by atoms with Gasteiger partial charge in [0.1, 0.15) is 18.1 Å². The van der Waals surface area contributed by atoms with Crippen LogP contribution in [0.1, 0.15) is 53.0 Å².